The SMILES string of the molecule is CC1CCC(O)(C(=O)C(C)C(C)C)CC1. The topological polar surface area (TPSA) is 37.3 Å². The van der Waals surface area contributed by atoms with Gasteiger partial charge in [-0.2, -0.15) is 0 Å². The van der Waals surface area contributed by atoms with E-state index in [1.165, 1.54) is 0 Å². The van der Waals surface area contributed by atoms with Crippen molar-refractivity contribution in [1.29, 1.82) is 0 Å². The largest absolute Gasteiger partial charge is 0.382 e. The van der Waals surface area contributed by atoms with Gasteiger partial charge >= 0.3 is 0 Å². The second kappa shape index (κ2) is 4.65. The van der Waals surface area contributed by atoms with Crippen LogP contribution in [0, 0.1) is 17.8 Å². The fourth-order valence-corrected chi connectivity index (χ4v) is 2.21. The number of Topliss-reactive ketones (excluding diaryl/α,β-unsaturated/α-hetero) is 1. The van der Waals surface area contributed by atoms with E-state index in [4.69, 9.17) is 0 Å². The zero-order chi connectivity index (χ0) is 11.6. The molecular formula is C13H24O2. The first-order valence-corrected chi connectivity index (χ1v) is 6.13. The van der Waals surface area contributed by atoms with E-state index in [1.807, 2.05) is 20.8 Å². The van der Waals surface area contributed by atoms with Gasteiger partial charge in [-0.15, -0.1) is 0 Å². The first kappa shape index (κ1) is 12.7. The average Bonchev–Trinajstić information content (AvgIpc) is 2.20. The summed E-state index contributed by atoms with van der Waals surface area (Å²) in [7, 11) is 0. The van der Waals surface area contributed by atoms with Crippen molar-refractivity contribution in [1.82, 2.24) is 0 Å². The van der Waals surface area contributed by atoms with Gasteiger partial charge < -0.3 is 5.11 Å². The molecule has 0 bridgehead atoms. The normalized spacial score (nSPS) is 34.1. The molecule has 88 valence electrons. The van der Waals surface area contributed by atoms with Crippen LogP contribution in [0.5, 0.6) is 0 Å². The third-order valence-electron chi connectivity index (χ3n) is 3.97. The van der Waals surface area contributed by atoms with Gasteiger partial charge in [0.15, 0.2) is 5.78 Å². The van der Waals surface area contributed by atoms with Crippen molar-refractivity contribution >= 4 is 5.78 Å². The van der Waals surface area contributed by atoms with Gasteiger partial charge in [0.1, 0.15) is 5.60 Å². The lowest BCUT2D eigenvalue weighted by Crippen LogP contribution is -2.45. The van der Waals surface area contributed by atoms with Gasteiger partial charge in [0, 0.05) is 5.92 Å². The molecule has 0 radical (unpaired) electrons. The Morgan fingerprint density at radius 1 is 1.27 bits per heavy atom. The number of carbonyl (C=O) groups excluding carboxylic acids is 1. The van der Waals surface area contributed by atoms with Crippen molar-refractivity contribution in [3.8, 4) is 0 Å². The highest BCUT2D eigenvalue weighted by molar-refractivity contribution is 5.89. The standard InChI is InChI=1S/C13H24O2/c1-9(2)11(4)12(14)13(15)7-5-10(3)6-8-13/h9-11,15H,5-8H2,1-4H3. The van der Waals surface area contributed by atoms with Crippen LogP contribution in [0.3, 0.4) is 0 Å². The molecule has 1 atom stereocenters. The van der Waals surface area contributed by atoms with Crippen LogP contribution < -0.4 is 0 Å². The smallest absolute Gasteiger partial charge is 0.167 e. The lowest BCUT2D eigenvalue weighted by atomic mass is 9.73. The molecule has 2 nitrogen and oxygen atoms in total. The molecule has 0 aromatic heterocycles. The van der Waals surface area contributed by atoms with Crippen molar-refractivity contribution in [3.05, 3.63) is 0 Å². The van der Waals surface area contributed by atoms with Gasteiger partial charge in [0.2, 0.25) is 0 Å². The Kier molecular flexibility index (Phi) is 3.93. The van der Waals surface area contributed by atoms with Crippen LogP contribution >= 0.6 is 0 Å². The third-order valence-corrected chi connectivity index (χ3v) is 3.97. The Balaban J connectivity index is 2.65. The molecule has 2 heteroatoms. The van der Waals surface area contributed by atoms with Gasteiger partial charge in [-0.3, -0.25) is 4.79 Å². The Labute approximate surface area is 93.1 Å². The van der Waals surface area contributed by atoms with E-state index >= 15 is 0 Å². The highest BCUT2D eigenvalue weighted by atomic mass is 16.3. The quantitative estimate of drug-likeness (QED) is 0.781. The molecule has 0 aromatic carbocycles. The minimum Gasteiger partial charge on any atom is -0.382 e. The predicted molar refractivity (Wildman–Crippen MR) is 61.6 cm³/mol. The first-order valence-electron chi connectivity index (χ1n) is 6.13. The van der Waals surface area contributed by atoms with Crippen LogP contribution in [0.25, 0.3) is 0 Å². The zero-order valence-electron chi connectivity index (χ0n) is 10.4. The Morgan fingerprint density at radius 3 is 2.13 bits per heavy atom. The van der Waals surface area contributed by atoms with Gasteiger partial charge in [-0.1, -0.05) is 27.7 Å². The highest BCUT2D eigenvalue weighted by Gasteiger charge is 2.41. The van der Waals surface area contributed by atoms with Crippen molar-refractivity contribution < 1.29 is 9.90 Å². The molecule has 0 heterocycles. The van der Waals surface area contributed by atoms with Gasteiger partial charge in [-0.25, -0.2) is 0 Å². The summed E-state index contributed by atoms with van der Waals surface area (Å²) in [6.07, 6.45) is 3.27. The summed E-state index contributed by atoms with van der Waals surface area (Å²) in [5.41, 5.74) is -1.02. The summed E-state index contributed by atoms with van der Waals surface area (Å²) in [4.78, 5) is 12.1. The summed E-state index contributed by atoms with van der Waals surface area (Å²) in [5.74, 6) is 1.01. The van der Waals surface area contributed by atoms with Crippen molar-refractivity contribution in [2.24, 2.45) is 17.8 Å². The van der Waals surface area contributed by atoms with E-state index in [0.717, 1.165) is 12.8 Å². The fraction of sp³-hybridized carbons (Fsp3) is 0.923. The Hall–Kier alpha value is -0.370. The number of carbonyl (C=O) groups is 1. The molecule has 1 aliphatic carbocycles. The third kappa shape index (κ3) is 2.81. The molecule has 0 amide bonds. The molecule has 1 fully saturated rings. The summed E-state index contributed by atoms with van der Waals surface area (Å²) >= 11 is 0. The lowest BCUT2D eigenvalue weighted by molar-refractivity contribution is -0.146. The zero-order valence-corrected chi connectivity index (χ0v) is 10.4. The van der Waals surface area contributed by atoms with Crippen LogP contribution in [0.15, 0.2) is 0 Å². The number of rotatable bonds is 3. The fourth-order valence-electron chi connectivity index (χ4n) is 2.21. The van der Waals surface area contributed by atoms with Gasteiger partial charge in [-0.05, 0) is 37.5 Å². The lowest BCUT2D eigenvalue weighted by Gasteiger charge is -2.36. The molecule has 0 aromatic rings. The molecule has 1 aliphatic rings. The second-order valence-electron chi connectivity index (χ2n) is 5.61. The second-order valence-corrected chi connectivity index (χ2v) is 5.61. The van der Waals surface area contributed by atoms with Crippen LogP contribution in [0.2, 0.25) is 0 Å². The molecule has 0 saturated heterocycles. The van der Waals surface area contributed by atoms with E-state index in [9.17, 15) is 9.90 Å². The molecule has 1 unspecified atom stereocenters. The summed E-state index contributed by atoms with van der Waals surface area (Å²) in [6, 6.07) is 0. The molecule has 1 saturated carbocycles. The van der Waals surface area contributed by atoms with Crippen molar-refractivity contribution in [3.63, 3.8) is 0 Å². The van der Waals surface area contributed by atoms with Crippen molar-refractivity contribution in [2.45, 2.75) is 59.0 Å². The summed E-state index contributed by atoms with van der Waals surface area (Å²) in [5, 5.41) is 10.3. The van der Waals surface area contributed by atoms with Crippen LogP contribution in [0.1, 0.15) is 53.4 Å². The Bertz CT molecular complexity index is 225. The van der Waals surface area contributed by atoms with E-state index in [-0.39, 0.29) is 11.7 Å². The van der Waals surface area contributed by atoms with Gasteiger partial charge in [0.25, 0.3) is 0 Å². The van der Waals surface area contributed by atoms with E-state index in [2.05, 4.69) is 6.92 Å². The van der Waals surface area contributed by atoms with E-state index in [0.29, 0.717) is 24.7 Å². The predicted octanol–water partition coefficient (Wildman–Crippen LogP) is 2.79. The number of hydrogen-bond donors (Lipinski definition) is 1. The monoisotopic (exact) mass is 212 g/mol. The van der Waals surface area contributed by atoms with E-state index < -0.39 is 5.60 Å². The summed E-state index contributed by atoms with van der Waals surface area (Å²) < 4.78 is 0. The Morgan fingerprint density at radius 2 is 1.73 bits per heavy atom. The molecule has 0 spiro atoms. The molecule has 1 rings (SSSR count). The van der Waals surface area contributed by atoms with Crippen LogP contribution in [-0.4, -0.2) is 16.5 Å². The minimum absolute atomic E-state index is 0.0246. The molecular weight excluding hydrogens is 188 g/mol. The number of ketones is 1. The highest BCUT2D eigenvalue weighted by Crippen LogP contribution is 2.35. The first-order chi connectivity index (χ1) is 6.87. The average molecular weight is 212 g/mol. The van der Waals surface area contributed by atoms with Crippen molar-refractivity contribution in [2.75, 3.05) is 0 Å². The minimum atomic E-state index is -1.02. The van der Waals surface area contributed by atoms with Crippen LogP contribution in [0.4, 0.5) is 0 Å². The maximum Gasteiger partial charge on any atom is 0.167 e. The molecule has 1 N–H and O–H groups in total. The van der Waals surface area contributed by atoms with Gasteiger partial charge in [0.05, 0.1) is 0 Å². The molecule has 15 heavy (non-hydrogen) atoms. The number of aliphatic hydroxyl groups is 1. The maximum absolute atomic E-state index is 12.1. The van der Waals surface area contributed by atoms with E-state index in [1.54, 1.807) is 0 Å². The maximum atomic E-state index is 12.1. The van der Waals surface area contributed by atoms with Crippen LogP contribution in [-0.2, 0) is 4.79 Å². The number of hydrogen-bond acceptors (Lipinski definition) is 2. The molecule has 0 aliphatic heterocycles. The summed E-state index contributed by atoms with van der Waals surface area (Å²) in [6.45, 7) is 8.20.